The Morgan fingerprint density at radius 1 is 1.36 bits per heavy atom. The molecule has 1 amide bonds. The molecule has 2 heterocycles. The van der Waals surface area contributed by atoms with Crippen molar-refractivity contribution >= 4 is 22.4 Å². The van der Waals surface area contributed by atoms with E-state index in [4.69, 9.17) is 9.47 Å². The molecule has 0 radical (unpaired) electrons. The summed E-state index contributed by atoms with van der Waals surface area (Å²) in [5, 5.41) is 3.51. The molecule has 1 aliphatic rings. The second-order valence-electron chi connectivity index (χ2n) is 5.54. The predicted octanol–water partition coefficient (Wildman–Crippen LogP) is 3.37. The van der Waals surface area contributed by atoms with Crippen molar-refractivity contribution in [3.8, 4) is 11.5 Å². The fourth-order valence-corrected chi connectivity index (χ4v) is 3.13. The Hall–Kier alpha value is -2.08. The minimum Gasteiger partial charge on any atom is -0.454 e. The van der Waals surface area contributed by atoms with Gasteiger partial charge < -0.3 is 14.8 Å². The third kappa shape index (κ3) is 3.06. The quantitative estimate of drug-likeness (QED) is 0.939. The van der Waals surface area contributed by atoms with Gasteiger partial charge in [-0.1, -0.05) is 19.9 Å². The highest BCUT2D eigenvalue weighted by Gasteiger charge is 2.16. The van der Waals surface area contributed by atoms with Gasteiger partial charge in [-0.15, -0.1) is 11.3 Å². The average Bonchev–Trinajstić information content (AvgIpc) is 3.05. The zero-order chi connectivity index (χ0) is 15.7. The summed E-state index contributed by atoms with van der Waals surface area (Å²) in [4.78, 5) is 17.3. The van der Waals surface area contributed by atoms with Gasteiger partial charge in [0.1, 0.15) is 0 Å². The number of nitrogens with one attached hydrogen (secondary N) is 1. The zero-order valence-electron chi connectivity index (χ0n) is 12.8. The highest BCUT2D eigenvalue weighted by Crippen LogP contribution is 2.34. The summed E-state index contributed by atoms with van der Waals surface area (Å²) in [7, 11) is 0. The molecule has 0 spiro atoms. The molecule has 1 aromatic heterocycles. The van der Waals surface area contributed by atoms with E-state index in [1.807, 2.05) is 39.0 Å². The van der Waals surface area contributed by atoms with Gasteiger partial charge in [-0.2, -0.15) is 0 Å². The molecule has 0 saturated carbocycles. The number of aryl methyl sites for hydroxylation is 1. The summed E-state index contributed by atoms with van der Waals surface area (Å²) in [6, 6.07) is 5.95. The highest BCUT2D eigenvalue weighted by atomic mass is 32.1. The maximum atomic E-state index is 11.7. The van der Waals surface area contributed by atoms with Gasteiger partial charge in [0.2, 0.25) is 12.7 Å². The fourth-order valence-electron chi connectivity index (χ4n) is 2.13. The van der Waals surface area contributed by atoms with Crippen LogP contribution in [0.15, 0.2) is 18.2 Å². The van der Waals surface area contributed by atoms with Gasteiger partial charge in [0.25, 0.3) is 0 Å². The Labute approximate surface area is 133 Å². The molecule has 22 heavy (non-hydrogen) atoms. The summed E-state index contributed by atoms with van der Waals surface area (Å²) >= 11 is 1.52. The SMILES string of the molecule is Cc1nc(NC(=O)C(C)C)sc1Cc1ccc2c(c1)OCO2. The molecule has 1 aliphatic heterocycles. The van der Waals surface area contributed by atoms with Crippen molar-refractivity contribution in [1.29, 1.82) is 0 Å². The normalized spacial score (nSPS) is 12.7. The van der Waals surface area contributed by atoms with E-state index in [1.54, 1.807) is 0 Å². The average molecular weight is 318 g/mol. The molecule has 0 unspecified atom stereocenters. The van der Waals surface area contributed by atoms with E-state index >= 15 is 0 Å². The molecular weight excluding hydrogens is 300 g/mol. The van der Waals surface area contributed by atoms with Crippen LogP contribution in [0.1, 0.15) is 30.0 Å². The smallest absolute Gasteiger partial charge is 0.231 e. The van der Waals surface area contributed by atoms with Gasteiger partial charge in [-0.3, -0.25) is 4.79 Å². The van der Waals surface area contributed by atoms with E-state index in [0.717, 1.165) is 34.1 Å². The number of amides is 1. The van der Waals surface area contributed by atoms with Gasteiger partial charge in [0.05, 0.1) is 5.69 Å². The lowest BCUT2D eigenvalue weighted by molar-refractivity contribution is -0.118. The number of hydrogen-bond donors (Lipinski definition) is 1. The van der Waals surface area contributed by atoms with E-state index in [9.17, 15) is 4.79 Å². The van der Waals surface area contributed by atoms with Crippen LogP contribution in [0.2, 0.25) is 0 Å². The molecule has 0 atom stereocenters. The van der Waals surface area contributed by atoms with Crippen LogP contribution in [0.4, 0.5) is 5.13 Å². The van der Waals surface area contributed by atoms with Crippen LogP contribution < -0.4 is 14.8 Å². The molecule has 0 aliphatic carbocycles. The zero-order valence-corrected chi connectivity index (χ0v) is 13.6. The van der Waals surface area contributed by atoms with Gasteiger partial charge >= 0.3 is 0 Å². The predicted molar refractivity (Wildman–Crippen MR) is 85.7 cm³/mol. The van der Waals surface area contributed by atoms with Crippen molar-refractivity contribution in [1.82, 2.24) is 4.98 Å². The largest absolute Gasteiger partial charge is 0.454 e. The highest BCUT2D eigenvalue weighted by molar-refractivity contribution is 7.15. The number of ether oxygens (including phenoxy) is 2. The number of carbonyl (C=O) groups is 1. The van der Waals surface area contributed by atoms with Crippen LogP contribution in [0, 0.1) is 12.8 Å². The first kappa shape index (κ1) is 14.8. The first-order valence-electron chi connectivity index (χ1n) is 7.18. The molecule has 116 valence electrons. The molecule has 1 N–H and O–H groups in total. The maximum Gasteiger partial charge on any atom is 0.231 e. The minimum atomic E-state index is -0.0542. The second kappa shape index (κ2) is 5.96. The first-order chi connectivity index (χ1) is 10.5. The molecule has 2 aromatic rings. The van der Waals surface area contributed by atoms with E-state index in [0.29, 0.717) is 5.13 Å². The number of benzene rings is 1. The standard InChI is InChI=1S/C16H18N2O3S/c1-9(2)15(19)18-16-17-10(3)14(22-16)7-11-4-5-12-13(6-11)21-8-20-12/h4-6,9H,7-8H2,1-3H3,(H,17,18,19). The third-order valence-electron chi connectivity index (χ3n) is 3.45. The fraction of sp³-hybridized carbons (Fsp3) is 0.375. The molecular formula is C16H18N2O3S. The van der Waals surface area contributed by atoms with E-state index in [2.05, 4.69) is 10.3 Å². The number of hydrogen-bond acceptors (Lipinski definition) is 5. The van der Waals surface area contributed by atoms with Crippen molar-refractivity contribution in [2.24, 2.45) is 5.92 Å². The maximum absolute atomic E-state index is 11.7. The molecule has 5 nitrogen and oxygen atoms in total. The lowest BCUT2D eigenvalue weighted by atomic mass is 10.1. The Morgan fingerprint density at radius 3 is 2.91 bits per heavy atom. The van der Waals surface area contributed by atoms with Crippen molar-refractivity contribution in [3.63, 3.8) is 0 Å². The summed E-state index contributed by atoms with van der Waals surface area (Å²) in [6.07, 6.45) is 0.762. The first-order valence-corrected chi connectivity index (χ1v) is 8.00. The molecule has 1 aromatic carbocycles. The number of thiazole rings is 1. The van der Waals surface area contributed by atoms with Crippen molar-refractivity contribution in [2.75, 3.05) is 12.1 Å². The van der Waals surface area contributed by atoms with Crippen molar-refractivity contribution < 1.29 is 14.3 Å². The summed E-state index contributed by atoms with van der Waals surface area (Å²) in [5.41, 5.74) is 2.08. The Morgan fingerprint density at radius 2 is 2.14 bits per heavy atom. The topological polar surface area (TPSA) is 60.5 Å². The number of nitrogens with zero attached hydrogens (tertiary/aromatic N) is 1. The molecule has 0 bridgehead atoms. The van der Waals surface area contributed by atoms with Crippen LogP contribution in [0.3, 0.4) is 0 Å². The Kier molecular flexibility index (Phi) is 4.02. The second-order valence-corrected chi connectivity index (χ2v) is 6.62. The van der Waals surface area contributed by atoms with Gasteiger partial charge in [-0.05, 0) is 24.6 Å². The monoisotopic (exact) mass is 318 g/mol. The van der Waals surface area contributed by atoms with Gasteiger partial charge in [-0.25, -0.2) is 4.98 Å². The molecule has 3 rings (SSSR count). The summed E-state index contributed by atoms with van der Waals surface area (Å²) < 4.78 is 10.7. The third-order valence-corrected chi connectivity index (χ3v) is 4.52. The number of fused-ring (bicyclic) bond motifs is 1. The van der Waals surface area contributed by atoms with Crippen LogP contribution in [0.25, 0.3) is 0 Å². The molecule has 6 heteroatoms. The lowest BCUT2D eigenvalue weighted by Crippen LogP contribution is -2.17. The van der Waals surface area contributed by atoms with Crippen LogP contribution in [0.5, 0.6) is 11.5 Å². The van der Waals surface area contributed by atoms with Crippen molar-refractivity contribution in [3.05, 3.63) is 34.3 Å². The minimum absolute atomic E-state index is 0.0108. The Balaban J connectivity index is 1.75. The van der Waals surface area contributed by atoms with E-state index in [-0.39, 0.29) is 18.6 Å². The van der Waals surface area contributed by atoms with Gasteiger partial charge in [0, 0.05) is 17.2 Å². The van der Waals surface area contributed by atoms with E-state index in [1.165, 1.54) is 11.3 Å². The number of carbonyl (C=O) groups excluding carboxylic acids is 1. The van der Waals surface area contributed by atoms with Crippen molar-refractivity contribution in [2.45, 2.75) is 27.2 Å². The van der Waals surface area contributed by atoms with Crippen LogP contribution in [-0.2, 0) is 11.2 Å². The molecule has 0 saturated heterocycles. The number of anilines is 1. The van der Waals surface area contributed by atoms with E-state index < -0.39 is 0 Å². The van der Waals surface area contributed by atoms with Crippen LogP contribution >= 0.6 is 11.3 Å². The number of rotatable bonds is 4. The number of aromatic nitrogens is 1. The molecule has 0 fully saturated rings. The van der Waals surface area contributed by atoms with Gasteiger partial charge in [0.15, 0.2) is 16.6 Å². The summed E-state index contributed by atoms with van der Waals surface area (Å²) in [6.45, 7) is 5.97. The van der Waals surface area contributed by atoms with Crippen LogP contribution in [-0.4, -0.2) is 17.7 Å². The lowest BCUT2D eigenvalue weighted by Gasteiger charge is -2.03. The summed E-state index contributed by atoms with van der Waals surface area (Å²) in [5.74, 6) is 1.51. The Bertz CT molecular complexity index is 709.